The molecule has 0 unspecified atom stereocenters. The summed E-state index contributed by atoms with van der Waals surface area (Å²) in [6.07, 6.45) is 21.9. The Labute approximate surface area is 470 Å². The molecule has 6 aliphatic rings. The van der Waals surface area contributed by atoms with E-state index in [-0.39, 0.29) is 5.41 Å². The molecule has 3 saturated carbocycles. The summed E-state index contributed by atoms with van der Waals surface area (Å²) in [4.78, 5) is 2.47. The van der Waals surface area contributed by atoms with Crippen LogP contribution >= 0.6 is 0 Å². The van der Waals surface area contributed by atoms with Gasteiger partial charge in [0.1, 0.15) is 6.79 Å². The van der Waals surface area contributed by atoms with Crippen molar-refractivity contribution in [2.75, 3.05) is 40.1 Å². The Morgan fingerprint density at radius 2 is 0.608 bits per heavy atom. The topological polar surface area (TPSA) is 21.7 Å². The summed E-state index contributed by atoms with van der Waals surface area (Å²) in [5.74, 6) is 11.4. The summed E-state index contributed by atoms with van der Waals surface area (Å²) in [6, 6.07) is 0. The summed E-state index contributed by atoms with van der Waals surface area (Å²) in [7, 11) is 2.24. The molecule has 0 radical (unpaired) electrons. The van der Waals surface area contributed by atoms with E-state index in [1.165, 1.54) is 90.1 Å². The van der Waals surface area contributed by atoms with Crippen molar-refractivity contribution >= 4 is 0 Å². The molecule has 3 nitrogen and oxygen atoms in total. The Bertz CT molecular complexity index is 1340. The molecule has 0 aromatic rings. The van der Waals surface area contributed by atoms with Gasteiger partial charge in [-0.2, -0.15) is 0 Å². The van der Waals surface area contributed by atoms with E-state index in [1.807, 2.05) is 0 Å². The molecule has 0 aromatic heterocycles. The van der Waals surface area contributed by atoms with E-state index in [0.717, 1.165) is 95.1 Å². The maximum Gasteiger partial charge on any atom is 0.146 e. The Kier molecular flexibility index (Phi) is 32.0. The first-order chi connectivity index (χ1) is 33.8. The molecule has 2 aliphatic heterocycles. The number of rotatable bonds is 14. The van der Waals surface area contributed by atoms with Gasteiger partial charge in [-0.3, -0.25) is 0 Å². The highest BCUT2D eigenvalue weighted by atomic mass is 16.7. The summed E-state index contributed by atoms with van der Waals surface area (Å²) in [6.45, 7) is 75.0. The third-order valence-corrected chi connectivity index (χ3v) is 24.0. The molecule has 6 rings (SSSR count). The van der Waals surface area contributed by atoms with E-state index in [9.17, 15) is 0 Å². The average molecular weight is 1040 g/mol. The fraction of sp³-hybridized carbons (Fsp3) is 0.972. The Hall–Kier alpha value is -0.380. The summed E-state index contributed by atoms with van der Waals surface area (Å²) >= 11 is 0. The van der Waals surface area contributed by atoms with Gasteiger partial charge in [0.2, 0.25) is 0 Å². The van der Waals surface area contributed by atoms with Gasteiger partial charge in [0.15, 0.2) is 0 Å². The zero-order valence-corrected chi connectivity index (χ0v) is 57.0. The van der Waals surface area contributed by atoms with Gasteiger partial charge in [-0.25, -0.2) is 0 Å². The lowest BCUT2D eigenvalue weighted by atomic mass is 9.56. The van der Waals surface area contributed by atoms with Gasteiger partial charge in [0.05, 0.1) is 13.2 Å². The van der Waals surface area contributed by atoms with Crippen LogP contribution in [0.2, 0.25) is 0 Å². The van der Waals surface area contributed by atoms with Crippen LogP contribution in [0.15, 0.2) is 12.2 Å². The molecule has 3 heteroatoms. The van der Waals surface area contributed by atoms with Crippen LogP contribution in [-0.2, 0) is 9.47 Å². The molecule has 4 aliphatic carbocycles. The quantitative estimate of drug-likeness (QED) is 0.162. The van der Waals surface area contributed by atoms with Crippen LogP contribution in [0, 0.1) is 121 Å². The first-order valence-corrected chi connectivity index (χ1v) is 32.3. The Balaban J connectivity index is 0.000000842. The number of allylic oxidation sites excluding steroid dienone is 2. The number of likely N-dealkylation sites (tertiary alicyclic amines) is 1. The molecule has 0 aromatic carbocycles. The van der Waals surface area contributed by atoms with Crippen LogP contribution in [0.4, 0.5) is 0 Å². The maximum absolute atomic E-state index is 5.39. The molecule has 0 N–H and O–H groups in total. The average Bonchev–Trinajstić information content (AvgIpc) is 3.58. The third-order valence-electron chi connectivity index (χ3n) is 24.0. The van der Waals surface area contributed by atoms with E-state index in [0.29, 0.717) is 40.3 Å². The number of hydrogen-bond donors (Lipinski definition) is 0. The zero-order chi connectivity index (χ0) is 58.0. The van der Waals surface area contributed by atoms with Crippen LogP contribution in [-0.4, -0.2) is 45.0 Å². The van der Waals surface area contributed by atoms with E-state index in [2.05, 4.69) is 232 Å². The Morgan fingerprint density at radius 1 is 0.338 bits per heavy atom. The maximum atomic E-state index is 5.39. The molecule has 0 bridgehead atoms. The van der Waals surface area contributed by atoms with Crippen molar-refractivity contribution in [1.82, 2.24) is 4.90 Å². The highest BCUT2D eigenvalue weighted by Gasteiger charge is 2.48. The van der Waals surface area contributed by atoms with Gasteiger partial charge in [0.25, 0.3) is 0 Å². The summed E-state index contributed by atoms with van der Waals surface area (Å²) < 4.78 is 10.8. The van der Waals surface area contributed by atoms with Crippen LogP contribution in [0.5, 0.6) is 0 Å². The van der Waals surface area contributed by atoms with Crippen molar-refractivity contribution in [3.05, 3.63) is 12.2 Å². The highest BCUT2D eigenvalue weighted by Crippen LogP contribution is 2.57. The van der Waals surface area contributed by atoms with Crippen LogP contribution in [0.3, 0.4) is 0 Å². The molecule has 0 spiro atoms. The third kappa shape index (κ3) is 19.4. The largest absolute Gasteiger partial charge is 0.355 e. The molecule has 5 fully saturated rings. The van der Waals surface area contributed by atoms with Crippen LogP contribution in [0.25, 0.3) is 0 Å². The first-order valence-electron chi connectivity index (χ1n) is 32.3. The fourth-order valence-electron chi connectivity index (χ4n) is 14.8. The molecule has 74 heavy (non-hydrogen) atoms. The number of nitrogens with zero attached hydrogens (tertiary/aromatic N) is 1. The van der Waals surface area contributed by atoms with Crippen molar-refractivity contribution < 1.29 is 9.47 Å². The van der Waals surface area contributed by atoms with Crippen molar-refractivity contribution in [3.63, 3.8) is 0 Å². The van der Waals surface area contributed by atoms with E-state index in [1.54, 1.807) is 0 Å². The lowest BCUT2D eigenvalue weighted by Crippen LogP contribution is -2.45. The minimum atomic E-state index is 0.234. The first kappa shape index (κ1) is 73.6. The predicted molar refractivity (Wildman–Crippen MR) is 335 cm³/mol. The molecule has 444 valence electrons. The molecular weight excluding hydrogens is 899 g/mol. The van der Waals surface area contributed by atoms with Gasteiger partial charge < -0.3 is 14.4 Å². The number of hydrogen-bond acceptors (Lipinski definition) is 3. The van der Waals surface area contributed by atoms with Gasteiger partial charge in [0, 0.05) is 12.0 Å². The van der Waals surface area contributed by atoms with Gasteiger partial charge in [-0.15, -0.1) is 0 Å². The van der Waals surface area contributed by atoms with Crippen molar-refractivity contribution in [2.45, 2.75) is 285 Å². The molecule has 0 atom stereocenters. The minimum absolute atomic E-state index is 0.234. The normalized spacial score (nSPS) is 22.1. The number of ether oxygens (including phenoxy) is 2. The summed E-state index contributed by atoms with van der Waals surface area (Å²) in [5.41, 5.74) is 4.08. The SMILES string of the molecule is CC(C)C(C)(C)C(C)C.CC(C)C1(C(C)C)CC1.CC(C)C1(C(C)C)CC=CC1.CC(C)C1(C(C)C)CCC1.CC(C)C1(C(C)C)CCCC1.CC(C)C1(C(C)C)CCN(C)C1.CC(C)C1(C(C)C)COCOC1. The van der Waals surface area contributed by atoms with E-state index >= 15 is 0 Å². The molecular formula is C71H143NO2. The second-order valence-corrected chi connectivity index (χ2v) is 31.1. The van der Waals surface area contributed by atoms with E-state index in [4.69, 9.17) is 9.47 Å². The standard InChI is InChI=1S/C11H23N.C11H22.C11H20.C10H20O2.C10H20.C9H18.C9H20/c1-9(2)11(10(3)4)6-7-12(5)8-11;2*1-9(2)11(10(3)4)7-5-6-8-11;1-8(2)10(9(3)4)5-11-7-12-6-10;1-8(2)10(9(3)4)6-5-7-10;1-7(2)9(5-6-9)8(3)4;1-7(2)9(5,6)8(3)4/h9-10H,6-8H2,1-5H3;9-10H,5-8H2,1-4H3;5-6,9-10H,7-8H2,1-4H3;8-9H,5-7H2,1-4H3;8-9H,5-7H2,1-4H3;7-8H,5-6H2,1-4H3;7-8H,1-6H3. The van der Waals surface area contributed by atoms with Crippen LogP contribution < -0.4 is 0 Å². The monoisotopic (exact) mass is 1040 g/mol. The molecule has 2 heterocycles. The van der Waals surface area contributed by atoms with Crippen molar-refractivity contribution in [3.8, 4) is 0 Å². The Morgan fingerprint density at radius 3 is 0.730 bits per heavy atom. The molecule has 0 amide bonds. The molecule has 2 saturated heterocycles. The lowest BCUT2D eigenvalue weighted by Gasteiger charge is -2.49. The fourth-order valence-corrected chi connectivity index (χ4v) is 14.8. The van der Waals surface area contributed by atoms with Gasteiger partial charge in [-0.1, -0.05) is 239 Å². The lowest BCUT2D eigenvalue weighted by molar-refractivity contribution is -0.192. The van der Waals surface area contributed by atoms with Crippen LogP contribution in [0.1, 0.15) is 285 Å². The highest BCUT2D eigenvalue weighted by molar-refractivity contribution is 5.05. The summed E-state index contributed by atoms with van der Waals surface area (Å²) in [5, 5.41) is 0. The smallest absolute Gasteiger partial charge is 0.146 e. The zero-order valence-electron chi connectivity index (χ0n) is 57.0. The second-order valence-electron chi connectivity index (χ2n) is 31.1. The van der Waals surface area contributed by atoms with Crippen molar-refractivity contribution in [2.24, 2.45) is 121 Å². The second kappa shape index (κ2) is 32.2. The minimum Gasteiger partial charge on any atom is -0.355 e. The van der Waals surface area contributed by atoms with Gasteiger partial charge in [-0.05, 0) is 187 Å². The van der Waals surface area contributed by atoms with Gasteiger partial charge >= 0.3 is 0 Å². The predicted octanol–water partition coefficient (Wildman–Crippen LogP) is 22.3. The van der Waals surface area contributed by atoms with E-state index < -0.39 is 0 Å². The van der Waals surface area contributed by atoms with Crippen molar-refractivity contribution in [1.29, 1.82) is 0 Å².